The van der Waals surface area contributed by atoms with E-state index < -0.39 is 0 Å². The van der Waals surface area contributed by atoms with Gasteiger partial charge in [-0.1, -0.05) is 6.92 Å². The topological polar surface area (TPSA) is 68.1 Å². The van der Waals surface area contributed by atoms with Crippen molar-refractivity contribution in [3.8, 4) is 0 Å². The number of piperidine rings is 1. The van der Waals surface area contributed by atoms with Gasteiger partial charge < -0.3 is 4.90 Å². The first-order chi connectivity index (χ1) is 11.2. The van der Waals surface area contributed by atoms with Crippen LogP contribution in [0.25, 0.3) is 0 Å². The maximum Gasteiger partial charge on any atom is 0.274 e. The molecule has 23 heavy (non-hydrogen) atoms. The van der Waals surface area contributed by atoms with Gasteiger partial charge in [-0.2, -0.15) is 5.10 Å². The molecular weight excluding hydrogens is 312 g/mol. The van der Waals surface area contributed by atoms with Crippen molar-refractivity contribution < 1.29 is 4.79 Å². The van der Waals surface area contributed by atoms with E-state index >= 15 is 0 Å². The van der Waals surface area contributed by atoms with E-state index in [1.807, 2.05) is 17.2 Å². The summed E-state index contributed by atoms with van der Waals surface area (Å²) >= 11 is 1.58. The second-order valence-electron chi connectivity index (χ2n) is 5.66. The lowest BCUT2D eigenvalue weighted by molar-refractivity contribution is 0.0602. The van der Waals surface area contributed by atoms with Gasteiger partial charge in [0.1, 0.15) is 10.7 Å². The third-order valence-corrected chi connectivity index (χ3v) is 4.90. The van der Waals surface area contributed by atoms with Crippen LogP contribution in [0, 0.1) is 0 Å². The Kier molecular flexibility index (Phi) is 4.85. The number of thiazole rings is 1. The van der Waals surface area contributed by atoms with Gasteiger partial charge in [0.2, 0.25) is 0 Å². The van der Waals surface area contributed by atoms with Crippen LogP contribution < -0.4 is 5.56 Å². The van der Waals surface area contributed by atoms with Crippen LogP contribution >= 0.6 is 11.3 Å². The Labute approximate surface area is 138 Å². The summed E-state index contributed by atoms with van der Waals surface area (Å²) in [6, 6.07) is 2.98. The molecule has 7 heteroatoms. The number of rotatable bonds is 4. The standard InChI is InChI=1S/C16H20N4O2S/c1-2-9-20-14(21)7-6-12(18-20)16(22)19-10-4-3-5-13(19)15-17-8-11-23-15/h6-8,11,13H,2-5,9-10H2,1H3/t13-/m1/s1. The minimum Gasteiger partial charge on any atom is -0.328 e. The van der Waals surface area contributed by atoms with Crippen LogP contribution in [-0.2, 0) is 6.54 Å². The molecule has 3 rings (SSSR count). The molecule has 0 unspecified atom stereocenters. The molecule has 1 amide bonds. The van der Waals surface area contributed by atoms with Crippen LogP contribution in [-0.4, -0.2) is 32.1 Å². The van der Waals surface area contributed by atoms with E-state index in [0.29, 0.717) is 18.8 Å². The second kappa shape index (κ2) is 7.04. The third kappa shape index (κ3) is 3.34. The lowest BCUT2D eigenvalue weighted by Gasteiger charge is -2.34. The largest absolute Gasteiger partial charge is 0.328 e. The Morgan fingerprint density at radius 1 is 1.39 bits per heavy atom. The average Bonchev–Trinajstić information content (AvgIpc) is 3.11. The number of amides is 1. The van der Waals surface area contributed by atoms with Gasteiger partial charge in [-0.05, 0) is 31.7 Å². The fraction of sp³-hybridized carbons (Fsp3) is 0.500. The van der Waals surface area contributed by atoms with Crippen molar-refractivity contribution in [3.63, 3.8) is 0 Å². The van der Waals surface area contributed by atoms with E-state index in [9.17, 15) is 9.59 Å². The van der Waals surface area contributed by atoms with E-state index in [1.165, 1.54) is 16.8 Å². The van der Waals surface area contributed by atoms with Crippen molar-refractivity contribution in [2.75, 3.05) is 6.54 Å². The SMILES string of the molecule is CCCn1nc(C(=O)N2CCCC[C@@H]2c2nccs2)ccc1=O. The monoisotopic (exact) mass is 332 g/mol. The molecule has 0 saturated carbocycles. The Hall–Kier alpha value is -2.02. The molecule has 3 heterocycles. The van der Waals surface area contributed by atoms with Crippen LogP contribution in [0.4, 0.5) is 0 Å². The van der Waals surface area contributed by atoms with Crippen LogP contribution in [0.1, 0.15) is 54.1 Å². The molecule has 2 aromatic heterocycles. The average molecular weight is 332 g/mol. The minimum absolute atomic E-state index is 0.0182. The lowest BCUT2D eigenvalue weighted by atomic mass is 10.0. The number of hydrogen-bond acceptors (Lipinski definition) is 5. The Bertz CT molecular complexity index is 726. The van der Waals surface area contributed by atoms with Gasteiger partial charge in [-0.15, -0.1) is 11.3 Å². The van der Waals surface area contributed by atoms with Crippen molar-refractivity contribution in [1.82, 2.24) is 19.7 Å². The highest BCUT2D eigenvalue weighted by Gasteiger charge is 2.31. The fourth-order valence-corrected chi connectivity index (χ4v) is 3.70. The van der Waals surface area contributed by atoms with Gasteiger partial charge in [-0.3, -0.25) is 9.59 Å². The summed E-state index contributed by atoms with van der Waals surface area (Å²) in [6.45, 7) is 3.21. The molecule has 0 spiro atoms. The Balaban J connectivity index is 1.88. The van der Waals surface area contributed by atoms with Gasteiger partial charge in [0.05, 0.1) is 6.04 Å². The summed E-state index contributed by atoms with van der Waals surface area (Å²) in [5.41, 5.74) is 0.167. The van der Waals surface area contributed by atoms with Crippen LogP contribution in [0.15, 0.2) is 28.5 Å². The van der Waals surface area contributed by atoms with Crippen LogP contribution in [0.5, 0.6) is 0 Å². The molecule has 2 aromatic rings. The minimum atomic E-state index is -0.168. The highest BCUT2D eigenvalue weighted by molar-refractivity contribution is 7.09. The molecule has 122 valence electrons. The molecular formula is C16H20N4O2S. The highest BCUT2D eigenvalue weighted by Crippen LogP contribution is 2.32. The van der Waals surface area contributed by atoms with E-state index in [2.05, 4.69) is 10.1 Å². The number of likely N-dealkylation sites (tertiary alicyclic amines) is 1. The Morgan fingerprint density at radius 2 is 2.26 bits per heavy atom. The number of aryl methyl sites for hydroxylation is 1. The predicted molar refractivity (Wildman–Crippen MR) is 88.5 cm³/mol. The van der Waals surface area contributed by atoms with Gasteiger partial charge in [0.15, 0.2) is 0 Å². The molecule has 1 aliphatic rings. The molecule has 1 aliphatic heterocycles. The number of carbonyl (C=O) groups is 1. The van der Waals surface area contributed by atoms with Gasteiger partial charge in [-0.25, -0.2) is 9.67 Å². The predicted octanol–water partition coefficient (Wildman–Crippen LogP) is 2.48. The summed E-state index contributed by atoms with van der Waals surface area (Å²) in [5, 5.41) is 7.16. The molecule has 0 N–H and O–H groups in total. The molecule has 0 aliphatic carbocycles. The first-order valence-corrected chi connectivity index (χ1v) is 8.87. The summed E-state index contributed by atoms with van der Waals surface area (Å²) in [7, 11) is 0. The molecule has 0 radical (unpaired) electrons. The molecule has 0 bridgehead atoms. The van der Waals surface area contributed by atoms with E-state index in [4.69, 9.17) is 0 Å². The number of aromatic nitrogens is 3. The molecule has 6 nitrogen and oxygen atoms in total. The van der Waals surface area contributed by atoms with Crippen molar-refractivity contribution in [1.29, 1.82) is 0 Å². The van der Waals surface area contributed by atoms with Crippen molar-refractivity contribution in [2.45, 2.75) is 45.2 Å². The maximum absolute atomic E-state index is 12.9. The highest BCUT2D eigenvalue weighted by atomic mass is 32.1. The van der Waals surface area contributed by atoms with Crippen molar-refractivity contribution >= 4 is 17.2 Å². The maximum atomic E-state index is 12.9. The smallest absolute Gasteiger partial charge is 0.274 e. The quantitative estimate of drug-likeness (QED) is 0.862. The third-order valence-electron chi connectivity index (χ3n) is 4.02. The first-order valence-electron chi connectivity index (χ1n) is 7.99. The lowest BCUT2D eigenvalue weighted by Crippen LogP contribution is -2.39. The number of hydrogen-bond donors (Lipinski definition) is 0. The summed E-state index contributed by atoms with van der Waals surface area (Å²) in [6.07, 6.45) is 5.58. The summed E-state index contributed by atoms with van der Waals surface area (Å²) < 4.78 is 1.37. The molecule has 1 atom stereocenters. The van der Waals surface area contributed by atoms with E-state index in [0.717, 1.165) is 30.7 Å². The summed E-state index contributed by atoms with van der Waals surface area (Å²) in [4.78, 5) is 30.9. The van der Waals surface area contributed by atoms with Crippen LogP contribution in [0.3, 0.4) is 0 Å². The van der Waals surface area contributed by atoms with Crippen LogP contribution in [0.2, 0.25) is 0 Å². The zero-order chi connectivity index (χ0) is 16.2. The van der Waals surface area contributed by atoms with E-state index in [1.54, 1.807) is 17.5 Å². The number of nitrogens with zero attached hydrogens (tertiary/aromatic N) is 4. The fourth-order valence-electron chi connectivity index (χ4n) is 2.91. The van der Waals surface area contributed by atoms with Crippen molar-refractivity contribution in [3.05, 3.63) is 44.8 Å². The summed E-state index contributed by atoms with van der Waals surface area (Å²) in [5.74, 6) is -0.116. The van der Waals surface area contributed by atoms with Crippen molar-refractivity contribution in [2.24, 2.45) is 0 Å². The van der Waals surface area contributed by atoms with Gasteiger partial charge >= 0.3 is 0 Å². The zero-order valence-corrected chi connectivity index (χ0v) is 14.0. The van der Waals surface area contributed by atoms with E-state index in [-0.39, 0.29) is 17.5 Å². The normalized spacial score (nSPS) is 18.1. The molecule has 0 aromatic carbocycles. The zero-order valence-electron chi connectivity index (χ0n) is 13.1. The first kappa shape index (κ1) is 15.9. The molecule has 1 fully saturated rings. The van der Waals surface area contributed by atoms with Gasteiger partial charge in [0, 0.05) is 30.7 Å². The second-order valence-corrected chi connectivity index (χ2v) is 6.59. The van der Waals surface area contributed by atoms with Gasteiger partial charge in [0.25, 0.3) is 11.5 Å². The Morgan fingerprint density at radius 3 is 3.00 bits per heavy atom. The molecule has 1 saturated heterocycles. The number of carbonyl (C=O) groups excluding carboxylic acids is 1.